The number of para-hydroxylation sites is 1. The summed E-state index contributed by atoms with van der Waals surface area (Å²) in [6.45, 7) is 4.28. The van der Waals surface area contributed by atoms with Crippen LogP contribution >= 0.6 is 0 Å². The Morgan fingerprint density at radius 1 is 0.482 bits per heavy atom. The van der Waals surface area contributed by atoms with Crippen molar-refractivity contribution in [2.24, 2.45) is 0 Å². The third-order valence-electron chi connectivity index (χ3n) is 11.1. The Bertz CT molecular complexity index is 2910. The zero-order valence-electron chi connectivity index (χ0n) is 31.1. The van der Waals surface area contributed by atoms with E-state index < -0.39 is 0 Å². The third-order valence-corrected chi connectivity index (χ3v) is 11.1. The summed E-state index contributed by atoms with van der Waals surface area (Å²) < 4.78 is 6.31. The molecular weight excluding hydrogens is 683 g/mol. The number of hydrogen-bond donors (Lipinski definition) is 0. The molecule has 268 valence electrons. The Labute approximate surface area is 327 Å². The maximum absolute atomic E-state index is 6.31. The predicted octanol–water partition coefficient (Wildman–Crippen LogP) is 13.2. The van der Waals surface area contributed by atoms with E-state index in [1.54, 1.807) is 0 Å². The van der Waals surface area contributed by atoms with Gasteiger partial charge in [0.1, 0.15) is 11.2 Å². The number of rotatable bonds is 5. The zero-order chi connectivity index (χ0) is 37.4. The minimum atomic E-state index is 0.623. The minimum absolute atomic E-state index is 0.623. The second-order valence-corrected chi connectivity index (χ2v) is 14.7. The predicted molar refractivity (Wildman–Crippen MR) is 231 cm³/mol. The molecule has 0 radical (unpaired) electrons. The quantitative estimate of drug-likeness (QED) is 0.178. The van der Waals surface area contributed by atoms with Crippen molar-refractivity contribution in [3.05, 3.63) is 192 Å². The highest BCUT2D eigenvalue weighted by Crippen LogP contribution is 2.40. The van der Waals surface area contributed by atoms with Crippen LogP contribution in [0.4, 0.5) is 0 Å². The van der Waals surface area contributed by atoms with Crippen molar-refractivity contribution in [1.82, 2.24) is 15.0 Å². The van der Waals surface area contributed by atoms with Crippen molar-refractivity contribution in [2.75, 3.05) is 0 Å². The SMILES string of the molecule is C=C1/C=C\C=C/Cc2ccc(-c3nc(-c4ccc(-c5ccc6c(c5)C=CCC6)cc4)nc(-c4ccccc4-c4cccc5oc6ccccc6c45)n3)cc2CC1. The first-order chi connectivity index (χ1) is 27.6. The lowest BCUT2D eigenvalue weighted by molar-refractivity contribution is 0.669. The second kappa shape index (κ2) is 14.4. The molecule has 0 unspecified atom stereocenters. The first kappa shape index (κ1) is 33.6. The Morgan fingerprint density at radius 3 is 2.11 bits per heavy atom. The molecule has 2 aliphatic carbocycles. The molecule has 4 heteroatoms. The molecule has 0 saturated heterocycles. The summed E-state index contributed by atoms with van der Waals surface area (Å²) in [5, 5.41) is 2.16. The van der Waals surface area contributed by atoms with E-state index in [2.05, 4.69) is 152 Å². The van der Waals surface area contributed by atoms with Gasteiger partial charge in [-0.3, -0.25) is 0 Å². The Hall–Kier alpha value is -6.91. The standard InChI is InChI=1S/C52H39N3O/c1-34-12-3-2-4-13-36-27-31-42(33-40(36)23-22-34)51-53-50(38-28-24-37(25-29-38)41-30-26-35-14-5-6-15-39(35)32-41)54-52(55-51)45-17-8-7-16-43(45)44-19-11-21-48-49(44)46-18-9-10-20-47(46)56-48/h2-4,6-12,15-21,24-33H,1,5,13-14,22-23H2/b4-2-,12-3-. The summed E-state index contributed by atoms with van der Waals surface area (Å²) in [4.78, 5) is 15.7. The van der Waals surface area contributed by atoms with Gasteiger partial charge in [-0.05, 0) is 101 Å². The first-order valence-electron chi connectivity index (χ1n) is 19.4. The second-order valence-electron chi connectivity index (χ2n) is 14.7. The van der Waals surface area contributed by atoms with E-state index in [0.29, 0.717) is 17.5 Å². The molecule has 0 saturated carbocycles. The van der Waals surface area contributed by atoms with Crippen molar-refractivity contribution in [3.8, 4) is 56.4 Å². The molecule has 0 spiro atoms. The average Bonchev–Trinajstić information content (AvgIpc) is 3.65. The Kier molecular flexibility index (Phi) is 8.64. The summed E-state index contributed by atoms with van der Waals surface area (Å²) in [7, 11) is 0. The zero-order valence-corrected chi connectivity index (χ0v) is 31.1. The lowest BCUT2D eigenvalue weighted by Gasteiger charge is -2.15. The molecule has 6 aromatic carbocycles. The number of fused-ring (bicyclic) bond motifs is 5. The van der Waals surface area contributed by atoms with Gasteiger partial charge in [-0.15, -0.1) is 0 Å². The number of benzene rings is 6. The molecule has 2 heterocycles. The molecule has 0 fully saturated rings. The summed E-state index contributed by atoms with van der Waals surface area (Å²) >= 11 is 0. The molecule has 8 aromatic rings. The van der Waals surface area contributed by atoms with Gasteiger partial charge in [0.25, 0.3) is 0 Å². The van der Waals surface area contributed by atoms with Crippen LogP contribution in [-0.4, -0.2) is 15.0 Å². The van der Waals surface area contributed by atoms with E-state index in [-0.39, 0.29) is 0 Å². The Balaban J connectivity index is 1.12. The van der Waals surface area contributed by atoms with Crippen molar-refractivity contribution in [3.63, 3.8) is 0 Å². The molecule has 10 rings (SSSR count). The van der Waals surface area contributed by atoms with Gasteiger partial charge in [0.15, 0.2) is 17.5 Å². The van der Waals surface area contributed by atoms with Crippen LogP contribution in [0.1, 0.15) is 35.1 Å². The number of nitrogens with zero attached hydrogens (tertiary/aromatic N) is 3. The van der Waals surface area contributed by atoms with E-state index in [0.717, 1.165) is 93.0 Å². The lowest BCUT2D eigenvalue weighted by Crippen LogP contribution is -2.02. The maximum Gasteiger partial charge on any atom is 0.164 e. The van der Waals surface area contributed by atoms with Gasteiger partial charge in [-0.2, -0.15) is 0 Å². The van der Waals surface area contributed by atoms with Gasteiger partial charge in [-0.1, -0.05) is 152 Å². The molecule has 0 atom stereocenters. The molecular formula is C52H39N3O. The van der Waals surface area contributed by atoms with Gasteiger partial charge >= 0.3 is 0 Å². The fraction of sp³-hybridized carbons (Fsp3) is 0.0962. The first-order valence-corrected chi connectivity index (χ1v) is 19.4. The van der Waals surface area contributed by atoms with Crippen LogP contribution in [0.5, 0.6) is 0 Å². The summed E-state index contributed by atoms with van der Waals surface area (Å²) in [5.41, 5.74) is 15.5. The van der Waals surface area contributed by atoms with Crippen LogP contribution in [-0.2, 0) is 19.3 Å². The van der Waals surface area contributed by atoms with E-state index in [4.69, 9.17) is 19.4 Å². The molecule has 0 bridgehead atoms. The van der Waals surface area contributed by atoms with Crippen molar-refractivity contribution < 1.29 is 4.42 Å². The van der Waals surface area contributed by atoms with Crippen LogP contribution in [0.15, 0.2) is 174 Å². The third kappa shape index (κ3) is 6.39. The molecule has 0 amide bonds. The molecule has 2 aliphatic rings. The number of aryl methyl sites for hydroxylation is 2. The maximum atomic E-state index is 6.31. The highest BCUT2D eigenvalue weighted by Gasteiger charge is 2.20. The highest BCUT2D eigenvalue weighted by molar-refractivity contribution is 6.13. The fourth-order valence-corrected chi connectivity index (χ4v) is 8.13. The number of hydrogen-bond acceptors (Lipinski definition) is 4. The summed E-state index contributed by atoms with van der Waals surface area (Å²) in [6, 6.07) is 45.0. The molecule has 56 heavy (non-hydrogen) atoms. The summed E-state index contributed by atoms with van der Waals surface area (Å²) in [5.74, 6) is 1.90. The lowest BCUT2D eigenvalue weighted by atomic mass is 9.93. The van der Waals surface area contributed by atoms with Crippen LogP contribution in [0.3, 0.4) is 0 Å². The van der Waals surface area contributed by atoms with Gasteiger partial charge in [0.05, 0.1) is 0 Å². The smallest absolute Gasteiger partial charge is 0.164 e. The van der Waals surface area contributed by atoms with Crippen molar-refractivity contribution in [1.29, 1.82) is 0 Å². The molecule has 4 nitrogen and oxygen atoms in total. The minimum Gasteiger partial charge on any atom is -0.456 e. The van der Waals surface area contributed by atoms with Gasteiger partial charge < -0.3 is 4.42 Å². The largest absolute Gasteiger partial charge is 0.456 e. The van der Waals surface area contributed by atoms with E-state index in [9.17, 15) is 0 Å². The van der Waals surface area contributed by atoms with Gasteiger partial charge in [0, 0.05) is 27.5 Å². The van der Waals surface area contributed by atoms with E-state index >= 15 is 0 Å². The van der Waals surface area contributed by atoms with Gasteiger partial charge in [-0.25, -0.2) is 15.0 Å². The van der Waals surface area contributed by atoms with Crippen molar-refractivity contribution in [2.45, 2.75) is 32.1 Å². The normalized spacial score (nSPS) is 15.0. The Morgan fingerprint density at radius 2 is 1.20 bits per heavy atom. The van der Waals surface area contributed by atoms with Crippen molar-refractivity contribution >= 4 is 28.0 Å². The number of furan rings is 1. The molecule has 0 N–H and O–H groups in total. The van der Waals surface area contributed by atoms with Crippen LogP contribution in [0.2, 0.25) is 0 Å². The number of aromatic nitrogens is 3. The number of allylic oxidation sites excluding steroid dienone is 6. The average molecular weight is 722 g/mol. The van der Waals surface area contributed by atoms with Crippen LogP contribution in [0, 0.1) is 0 Å². The monoisotopic (exact) mass is 721 g/mol. The molecule has 0 aliphatic heterocycles. The highest BCUT2D eigenvalue weighted by atomic mass is 16.3. The molecule has 2 aromatic heterocycles. The summed E-state index contributed by atoms with van der Waals surface area (Å²) in [6.07, 6.45) is 17.9. The fourth-order valence-electron chi connectivity index (χ4n) is 8.13. The van der Waals surface area contributed by atoms with Crippen LogP contribution in [0.25, 0.3) is 84.4 Å². The topological polar surface area (TPSA) is 51.8 Å². The van der Waals surface area contributed by atoms with Gasteiger partial charge in [0.2, 0.25) is 0 Å². The van der Waals surface area contributed by atoms with E-state index in [1.807, 2.05) is 18.2 Å². The van der Waals surface area contributed by atoms with Crippen LogP contribution < -0.4 is 0 Å². The van der Waals surface area contributed by atoms with E-state index in [1.165, 1.54) is 27.8 Å².